The summed E-state index contributed by atoms with van der Waals surface area (Å²) in [5.74, 6) is 0.622. The van der Waals surface area contributed by atoms with E-state index in [4.69, 9.17) is 4.74 Å². The fourth-order valence-corrected chi connectivity index (χ4v) is 3.46. The van der Waals surface area contributed by atoms with E-state index in [1.807, 2.05) is 29.2 Å². The Morgan fingerprint density at radius 3 is 2.84 bits per heavy atom. The van der Waals surface area contributed by atoms with Crippen LogP contribution >= 0.6 is 0 Å². The Labute approximate surface area is 149 Å². The molecule has 0 saturated carbocycles. The molecule has 1 N–H and O–H groups in total. The van der Waals surface area contributed by atoms with Gasteiger partial charge in [0, 0.05) is 6.54 Å². The lowest BCUT2D eigenvalue weighted by Crippen LogP contribution is -2.40. The molecule has 2 atom stereocenters. The molecule has 1 heterocycles. The summed E-state index contributed by atoms with van der Waals surface area (Å²) in [6.45, 7) is 4.59. The van der Waals surface area contributed by atoms with Gasteiger partial charge in [-0.25, -0.2) is 0 Å². The van der Waals surface area contributed by atoms with E-state index in [1.165, 1.54) is 11.1 Å². The van der Waals surface area contributed by atoms with E-state index in [0.29, 0.717) is 5.75 Å². The maximum atomic E-state index is 12.9. The zero-order chi connectivity index (χ0) is 17.8. The smallest absolute Gasteiger partial charge is 0.263 e. The molecule has 4 nitrogen and oxygen atoms in total. The lowest BCUT2D eigenvalue weighted by molar-refractivity contribution is -0.138. The first kappa shape index (κ1) is 17.5. The molecule has 132 valence electrons. The molecule has 4 heteroatoms. The molecule has 1 saturated heterocycles. The second-order valence-electron chi connectivity index (χ2n) is 6.67. The van der Waals surface area contributed by atoms with Gasteiger partial charge in [-0.1, -0.05) is 42.0 Å². The normalized spacial score (nSPS) is 18.2. The molecular weight excluding hydrogens is 314 g/mol. The number of aryl methyl sites for hydroxylation is 1. The van der Waals surface area contributed by atoms with E-state index in [1.54, 1.807) is 13.0 Å². The van der Waals surface area contributed by atoms with Gasteiger partial charge < -0.3 is 14.7 Å². The molecule has 1 amide bonds. The molecule has 0 aromatic heterocycles. The summed E-state index contributed by atoms with van der Waals surface area (Å²) in [5.41, 5.74) is 3.18. The van der Waals surface area contributed by atoms with Gasteiger partial charge in [-0.05, 0) is 49.9 Å². The summed E-state index contributed by atoms with van der Waals surface area (Å²) >= 11 is 0. The van der Waals surface area contributed by atoms with Crippen molar-refractivity contribution in [1.82, 2.24) is 4.90 Å². The molecule has 0 spiro atoms. The average Bonchev–Trinajstić information content (AvgIpc) is 3.11. The van der Waals surface area contributed by atoms with E-state index in [2.05, 4.69) is 25.1 Å². The number of hydrogen-bond acceptors (Lipinski definition) is 3. The molecule has 1 aliphatic rings. The van der Waals surface area contributed by atoms with E-state index >= 15 is 0 Å². The topological polar surface area (TPSA) is 49.8 Å². The maximum Gasteiger partial charge on any atom is 0.263 e. The molecule has 0 radical (unpaired) electrons. The van der Waals surface area contributed by atoms with Gasteiger partial charge in [0.1, 0.15) is 5.75 Å². The Balaban J connectivity index is 1.72. The van der Waals surface area contributed by atoms with Gasteiger partial charge in [0.05, 0.1) is 12.6 Å². The zero-order valence-corrected chi connectivity index (χ0v) is 14.8. The minimum absolute atomic E-state index is 0.0124. The number of rotatable bonds is 5. The number of likely N-dealkylation sites (tertiary alicyclic amines) is 1. The molecule has 1 aliphatic heterocycles. The van der Waals surface area contributed by atoms with Crippen LogP contribution in [0.2, 0.25) is 0 Å². The van der Waals surface area contributed by atoms with Crippen molar-refractivity contribution in [3.63, 3.8) is 0 Å². The molecule has 2 unspecified atom stereocenters. The standard InChI is InChI=1S/C21H25NO3/c1-15-6-3-8-18(12-15)20-10-5-11-22(20)21(24)16(2)25-19-9-4-7-17(13-19)14-23/h3-4,6-9,12-13,16,20,23H,5,10-11,14H2,1-2H3. The Hall–Kier alpha value is -2.33. The van der Waals surface area contributed by atoms with Crippen molar-refractivity contribution in [3.8, 4) is 5.75 Å². The average molecular weight is 339 g/mol. The van der Waals surface area contributed by atoms with Crippen LogP contribution in [0.4, 0.5) is 0 Å². The number of ether oxygens (including phenoxy) is 1. The summed E-state index contributed by atoms with van der Waals surface area (Å²) in [6.07, 6.45) is 1.44. The third-order valence-corrected chi connectivity index (χ3v) is 4.70. The monoisotopic (exact) mass is 339 g/mol. The molecule has 25 heavy (non-hydrogen) atoms. The molecule has 1 fully saturated rings. The van der Waals surface area contributed by atoms with Crippen LogP contribution in [-0.2, 0) is 11.4 Å². The lowest BCUT2D eigenvalue weighted by atomic mass is 10.0. The molecular formula is C21H25NO3. The summed E-state index contributed by atoms with van der Waals surface area (Å²) in [7, 11) is 0. The predicted molar refractivity (Wildman–Crippen MR) is 97.3 cm³/mol. The predicted octanol–water partition coefficient (Wildman–Crippen LogP) is 3.62. The summed E-state index contributed by atoms with van der Waals surface area (Å²) < 4.78 is 5.84. The number of benzene rings is 2. The first-order valence-electron chi connectivity index (χ1n) is 8.82. The number of nitrogens with zero attached hydrogens (tertiary/aromatic N) is 1. The Bertz CT molecular complexity index is 743. The summed E-state index contributed by atoms with van der Waals surface area (Å²) in [5, 5.41) is 9.23. The van der Waals surface area contributed by atoms with Crippen molar-refractivity contribution in [2.45, 2.75) is 45.4 Å². The Morgan fingerprint density at radius 1 is 1.28 bits per heavy atom. The summed E-state index contributed by atoms with van der Waals surface area (Å²) in [4.78, 5) is 14.9. The van der Waals surface area contributed by atoms with Crippen LogP contribution in [0.3, 0.4) is 0 Å². The second-order valence-corrected chi connectivity index (χ2v) is 6.67. The number of aliphatic hydroxyl groups is 1. The molecule has 3 rings (SSSR count). The highest BCUT2D eigenvalue weighted by molar-refractivity contribution is 5.81. The van der Waals surface area contributed by atoms with Gasteiger partial charge in [0.25, 0.3) is 5.91 Å². The lowest BCUT2D eigenvalue weighted by Gasteiger charge is -2.28. The Morgan fingerprint density at radius 2 is 2.08 bits per heavy atom. The summed E-state index contributed by atoms with van der Waals surface area (Å²) in [6, 6.07) is 15.7. The van der Waals surface area contributed by atoms with Gasteiger partial charge in [0.2, 0.25) is 0 Å². The zero-order valence-electron chi connectivity index (χ0n) is 14.8. The highest BCUT2D eigenvalue weighted by atomic mass is 16.5. The molecule has 2 aromatic carbocycles. The fraction of sp³-hybridized carbons (Fsp3) is 0.381. The molecule has 0 aliphatic carbocycles. The largest absolute Gasteiger partial charge is 0.481 e. The number of hydrogen-bond donors (Lipinski definition) is 1. The van der Waals surface area contributed by atoms with Crippen molar-refractivity contribution in [2.24, 2.45) is 0 Å². The molecule has 2 aromatic rings. The van der Waals surface area contributed by atoms with Crippen LogP contribution in [0, 0.1) is 6.92 Å². The van der Waals surface area contributed by atoms with Crippen molar-refractivity contribution >= 4 is 5.91 Å². The van der Waals surface area contributed by atoms with Crippen molar-refractivity contribution < 1.29 is 14.6 Å². The fourth-order valence-electron chi connectivity index (χ4n) is 3.46. The van der Waals surface area contributed by atoms with Gasteiger partial charge in [-0.3, -0.25) is 4.79 Å². The number of amides is 1. The minimum atomic E-state index is -0.556. The first-order chi connectivity index (χ1) is 12.1. The van der Waals surface area contributed by atoms with Gasteiger partial charge >= 0.3 is 0 Å². The van der Waals surface area contributed by atoms with Crippen LogP contribution < -0.4 is 4.74 Å². The SMILES string of the molecule is Cc1cccc(C2CCCN2C(=O)C(C)Oc2cccc(CO)c2)c1. The van der Waals surface area contributed by atoms with Gasteiger partial charge in [0.15, 0.2) is 6.10 Å². The van der Waals surface area contributed by atoms with Crippen molar-refractivity contribution in [2.75, 3.05) is 6.54 Å². The second kappa shape index (κ2) is 7.70. The third-order valence-electron chi connectivity index (χ3n) is 4.70. The van der Waals surface area contributed by atoms with Crippen LogP contribution in [0.1, 0.15) is 42.5 Å². The van der Waals surface area contributed by atoms with Crippen LogP contribution in [0.5, 0.6) is 5.75 Å². The van der Waals surface area contributed by atoms with Crippen LogP contribution in [-0.4, -0.2) is 28.6 Å². The van der Waals surface area contributed by atoms with Crippen LogP contribution in [0.15, 0.2) is 48.5 Å². The Kier molecular flexibility index (Phi) is 5.39. The number of carbonyl (C=O) groups is 1. The quantitative estimate of drug-likeness (QED) is 0.905. The first-order valence-corrected chi connectivity index (χ1v) is 8.82. The minimum Gasteiger partial charge on any atom is -0.481 e. The highest BCUT2D eigenvalue weighted by Crippen LogP contribution is 2.33. The van der Waals surface area contributed by atoms with E-state index < -0.39 is 6.10 Å². The number of carbonyl (C=O) groups excluding carboxylic acids is 1. The number of aliphatic hydroxyl groups excluding tert-OH is 1. The third kappa shape index (κ3) is 4.02. The molecule has 0 bridgehead atoms. The van der Waals surface area contributed by atoms with Crippen LogP contribution in [0.25, 0.3) is 0 Å². The van der Waals surface area contributed by atoms with E-state index in [0.717, 1.165) is 24.9 Å². The van der Waals surface area contributed by atoms with Gasteiger partial charge in [-0.2, -0.15) is 0 Å². The van der Waals surface area contributed by atoms with Gasteiger partial charge in [-0.15, -0.1) is 0 Å². The maximum absolute atomic E-state index is 12.9. The van der Waals surface area contributed by atoms with Crippen molar-refractivity contribution in [3.05, 3.63) is 65.2 Å². The van der Waals surface area contributed by atoms with E-state index in [-0.39, 0.29) is 18.6 Å². The van der Waals surface area contributed by atoms with Crippen molar-refractivity contribution in [1.29, 1.82) is 0 Å². The van der Waals surface area contributed by atoms with E-state index in [9.17, 15) is 9.90 Å². The highest BCUT2D eigenvalue weighted by Gasteiger charge is 2.33.